The molecule has 2 aromatic rings. The molecule has 0 heterocycles. The molecule has 4 heteroatoms. The van der Waals surface area contributed by atoms with Gasteiger partial charge in [0.1, 0.15) is 0 Å². The van der Waals surface area contributed by atoms with Gasteiger partial charge in [0.05, 0.1) is 6.61 Å². The Bertz CT molecular complexity index is 584. The Hall–Kier alpha value is -1.84. The van der Waals surface area contributed by atoms with Crippen LogP contribution in [0.2, 0.25) is 5.02 Å². The first kappa shape index (κ1) is 16.5. The Kier molecular flexibility index (Phi) is 6.44. The average molecular weight is 318 g/mol. The van der Waals surface area contributed by atoms with E-state index in [-0.39, 0.29) is 11.8 Å². The van der Waals surface area contributed by atoms with Gasteiger partial charge in [0, 0.05) is 31.0 Å². The molecule has 2 aromatic carbocycles. The van der Waals surface area contributed by atoms with Crippen molar-refractivity contribution in [3.05, 3.63) is 70.7 Å². The summed E-state index contributed by atoms with van der Waals surface area (Å²) >= 11 is 5.96. The number of ether oxygens (including phenoxy) is 1. The second-order valence-electron chi connectivity index (χ2n) is 5.06. The standard InChI is InChI=1S/C18H20ClNO2/c1-22-12-11-20-18(21)13-17(14-5-3-2-4-6-14)15-7-9-16(19)10-8-15/h2-10,17H,11-13H2,1H3,(H,20,21)/t17-/m0/s1. The lowest BCUT2D eigenvalue weighted by Gasteiger charge is -2.18. The van der Waals surface area contributed by atoms with E-state index in [1.165, 1.54) is 0 Å². The smallest absolute Gasteiger partial charge is 0.221 e. The van der Waals surface area contributed by atoms with Crippen molar-refractivity contribution in [1.82, 2.24) is 5.32 Å². The molecule has 3 nitrogen and oxygen atoms in total. The first-order valence-electron chi connectivity index (χ1n) is 7.26. The highest BCUT2D eigenvalue weighted by molar-refractivity contribution is 6.30. The van der Waals surface area contributed by atoms with Gasteiger partial charge in [-0.15, -0.1) is 0 Å². The zero-order valence-corrected chi connectivity index (χ0v) is 13.3. The van der Waals surface area contributed by atoms with Crippen LogP contribution in [-0.4, -0.2) is 26.2 Å². The van der Waals surface area contributed by atoms with Gasteiger partial charge in [0.2, 0.25) is 5.91 Å². The fourth-order valence-electron chi connectivity index (χ4n) is 2.36. The lowest BCUT2D eigenvalue weighted by molar-refractivity contribution is -0.121. The van der Waals surface area contributed by atoms with Crippen LogP contribution in [0.1, 0.15) is 23.5 Å². The molecular weight excluding hydrogens is 298 g/mol. The van der Waals surface area contributed by atoms with Gasteiger partial charge in [-0.3, -0.25) is 4.79 Å². The third kappa shape index (κ3) is 4.86. The Morgan fingerprint density at radius 3 is 2.36 bits per heavy atom. The molecule has 0 unspecified atom stereocenters. The normalized spacial score (nSPS) is 11.9. The van der Waals surface area contributed by atoms with Crippen LogP contribution in [0.4, 0.5) is 0 Å². The predicted molar refractivity (Wildman–Crippen MR) is 89.2 cm³/mol. The van der Waals surface area contributed by atoms with Crippen LogP contribution in [0.15, 0.2) is 54.6 Å². The Morgan fingerprint density at radius 2 is 1.73 bits per heavy atom. The molecule has 0 saturated heterocycles. The van der Waals surface area contributed by atoms with Crippen molar-refractivity contribution in [2.45, 2.75) is 12.3 Å². The van der Waals surface area contributed by atoms with Crippen molar-refractivity contribution in [2.75, 3.05) is 20.3 Å². The van der Waals surface area contributed by atoms with Crippen molar-refractivity contribution < 1.29 is 9.53 Å². The maximum atomic E-state index is 12.1. The van der Waals surface area contributed by atoms with Crippen molar-refractivity contribution in [1.29, 1.82) is 0 Å². The number of methoxy groups -OCH3 is 1. The summed E-state index contributed by atoms with van der Waals surface area (Å²) in [5, 5.41) is 3.57. The minimum atomic E-state index is 0.0147. The predicted octanol–water partition coefficient (Wildman–Crippen LogP) is 3.62. The van der Waals surface area contributed by atoms with E-state index in [1.54, 1.807) is 7.11 Å². The number of nitrogens with one attached hydrogen (secondary N) is 1. The Morgan fingerprint density at radius 1 is 1.09 bits per heavy atom. The summed E-state index contributed by atoms with van der Waals surface area (Å²) in [6, 6.07) is 17.7. The van der Waals surface area contributed by atoms with E-state index in [4.69, 9.17) is 16.3 Å². The summed E-state index contributed by atoms with van der Waals surface area (Å²) < 4.78 is 4.95. The largest absolute Gasteiger partial charge is 0.383 e. The van der Waals surface area contributed by atoms with Gasteiger partial charge in [0.25, 0.3) is 0 Å². The van der Waals surface area contributed by atoms with Crippen LogP contribution in [0.25, 0.3) is 0 Å². The van der Waals surface area contributed by atoms with Crippen LogP contribution in [-0.2, 0) is 9.53 Å². The van der Waals surface area contributed by atoms with E-state index < -0.39 is 0 Å². The van der Waals surface area contributed by atoms with Gasteiger partial charge in [-0.05, 0) is 23.3 Å². The molecule has 2 rings (SSSR count). The van der Waals surface area contributed by atoms with Crippen molar-refractivity contribution >= 4 is 17.5 Å². The van der Waals surface area contributed by atoms with Crippen LogP contribution in [0.3, 0.4) is 0 Å². The number of halogens is 1. The van der Waals surface area contributed by atoms with Crippen molar-refractivity contribution in [3.8, 4) is 0 Å². The van der Waals surface area contributed by atoms with Crippen LogP contribution in [0.5, 0.6) is 0 Å². The summed E-state index contributed by atoms with van der Waals surface area (Å²) in [4.78, 5) is 12.1. The quantitative estimate of drug-likeness (QED) is 0.792. The molecule has 0 radical (unpaired) electrons. The van der Waals surface area contributed by atoms with E-state index >= 15 is 0 Å². The summed E-state index contributed by atoms with van der Waals surface area (Å²) in [5.41, 5.74) is 2.20. The monoisotopic (exact) mass is 317 g/mol. The molecule has 0 aromatic heterocycles. The van der Waals surface area contributed by atoms with E-state index in [9.17, 15) is 4.79 Å². The molecule has 1 N–H and O–H groups in total. The summed E-state index contributed by atoms with van der Waals surface area (Å²) in [6.45, 7) is 1.04. The van der Waals surface area contributed by atoms with Gasteiger partial charge in [-0.25, -0.2) is 0 Å². The lowest BCUT2D eigenvalue weighted by Crippen LogP contribution is -2.28. The topological polar surface area (TPSA) is 38.3 Å². The number of rotatable bonds is 7. The minimum Gasteiger partial charge on any atom is -0.383 e. The molecule has 0 aliphatic rings. The second kappa shape index (κ2) is 8.57. The summed E-state index contributed by atoms with van der Waals surface area (Å²) in [7, 11) is 1.62. The van der Waals surface area contributed by atoms with Gasteiger partial charge >= 0.3 is 0 Å². The van der Waals surface area contributed by atoms with Crippen LogP contribution >= 0.6 is 11.6 Å². The molecule has 1 amide bonds. The first-order valence-corrected chi connectivity index (χ1v) is 7.64. The number of amides is 1. The Balaban J connectivity index is 2.15. The molecule has 0 aliphatic heterocycles. The number of hydrogen-bond donors (Lipinski definition) is 1. The van der Waals surface area contributed by atoms with Crippen molar-refractivity contribution in [3.63, 3.8) is 0 Å². The molecule has 116 valence electrons. The van der Waals surface area contributed by atoms with Crippen LogP contribution in [0, 0.1) is 0 Å². The summed E-state index contributed by atoms with van der Waals surface area (Å²) in [5.74, 6) is 0.0295. The van der Waals surface area contributed by atoms with E-state index in [1.807, 2.05) is 54.6 Å². The SMILES string of the molecule is COCCNC(=O)C[C@@H](c1ccccc1)c1ccc(Cl)cc1. The van der Waals surface area contributed by atoms with E-state index in [0.29, 0.717) is 24.6 Å². The zero-order valence-electron chi connectivity index (χ0n) is 12.6. The number of carbonyl (C=O) groups is 1. The highest BCUT2D eigenvalue weighted by Crippen LogP contribution is 2.28. The molecule has 1 atom stereocenters. The molecular formula is C18H20ClNO2. The molecule has 0 spiro atoms. The third-order valence-corrected chi connectivity index (χ3v) is 3.74. The number of hydrogen-bond acceptors (Lipinski definition) is 2. The van der Waals surface area contributed by atoms with Gasteiger partial charge in [0.15, 0.2) is 0 Å². The molecule has 0 saturated carbocycles. The van der Waals surface area contributed by atoms with Gasteiger partial charge in [-0.1, -0.05) is 54.1 Å². The maximum absolute atomic E-state index is 12.1. The van der Waals surface area contributed by atoms with Gasteiger partial charge < -0.3 is 10.1 Å². The van der Waals surface area contributed by atoms with E-state index in [0.717, 1.165) is 11.1 Å². The molecule has 0 fully saturated rings. The fourth-order valence-corrected chi connectivity index (χ4v) is 2.48. The maximum Gasteiger partial charge on any atom is 0.221 e. The van der Waals surface area contributed by atoms with E-state index in [2.05, 4.69) is 5.32 Å². The summed E-state index contributed by atoms with van der Waals surface area (Å²) in [6.07, 6.45) is 0.398. The molecule has 0 bridgehead atoms. The average Bonchev–Trinajstić information content (AvgIpc) is 2.55. The zero-order chi connectivity index (χ0) is 15.8. The number of carbonyl (C=O) groups excluding carboxylic acids is 1. The molecule has 22 heavy (non-hydrogen) atoms. The fraction of sp³-hybridized carbons (Fsp3) is 0.278. The van der Waals surface area contributed by atoms with Crippen LogP contribution < -0.4 is 5.32 Å². The Labute approximate surface area is 136 Å². The lowest BCUT2D eigenvalue weighted by atomic mass is 9.88. The van der Waals surface area contributed by atoms with Crippen molar-refractivity contribution in [2.24, 2.45) is 0 Å². The molecule has 0 aliphatic carbocycles. The third-order valence-electron chi connectivity index (χ3n) is 3.49. The minimum absolute atomic E-state index is 0.0147. The first-order chi connectivity index (χ1) is 10.7. The van der Waals surface area contributed by atoms with Gasteiger partial charge in [-0.2, -0.15) is 0 Å². The number of benzene rings is 2. The highest BCUT2D eigenvalue weighted by atomic mass is 35.5. The highest BCUT2D eigenvalue weighted by Gasteiger charge is 2.17. The second-order valence-corrected chi connectivity index (χ2v) is 5.50.